The Bertz CT molecular complexity index is 420. The summed E-state index contributed by atoms with van der Waals surface area (Å²) in [5, 5.41) is 7.82. The molecular weight excluding hydrogens is 218 g/mol. The molecule has 1 aliphatic rings. The molecule has 0 aromatic carbocycles. The normalized spacial score (nSPS) is 17.8. The first-order valence-corrected chi connectivity index (χ1v) is 5.80. The predicted octanol–water partition coefficient (Wildman–Crippen LogP) is -0.00630. The van der Waals surface area contributed by atoms with Crippen LogP contribution in [0.4, 0.5) is 0 Å². The number of carbonyl (C=O) groups is 1. The molecule has 2 rings (SSSR count). The smallest absolute Gasteiger partial charge is 0.240 e. The van der Waals surface area contributed by atoms with Gasteiger partial charge in [-0.1, -0.05) is 20.8 Å². The molecule has 1 amide bonds. The minimum atomic E-state index is -0.475. The molecule has 6 nitrogen and oxygen atoms in total. The standard InChI is InChI=1S/C11H19N5O/c1-11(2,3)9(12)10(17)15-4-5-16-7-13-14-8(16)6-15/h7,9H,4-6,12H2,1-3H3/t9-/m1/s1. The second-order valence-corrected chi connectivity index (χ2v) is 5.54. The lowest BCUT2D eigenvalue weighted by Gasteiger charge is -2.33. The molecule has 1 atom stereocenters. The first-order valence-electron chi connectivity index (χ1n) is 5.80. The Kier molecular flexibility index (Phi) is 2.91. The van der Waals surface area contributed by atoms with E-state index in [4.69, 9.17) is 5.73 Å². The fraction of sp³-hybridized carbons (Fsp3) is 0.727. The third-order valence-corrected chi connectivity index (χ3v) is 3.15. The van der Waals surface area contributed by atoms with E-state index in [9.17, 15) is 4.79 Å². The van der Waals surface area contributed by atoms with E-state index >= 15 is 0 Å². The van der Waals surface area contributed by atoms with Crippen LogP contribution in [0.5, 0.6) is 0 Å². The van der Waals surface area contributed by atoms with E-state index < -0.39 is 6.04 Å². The number of aromatic nitrogens is 3. The van der Waals surface area contributed by atoms with Gasteiger partial charge in [0, 0.05) is 13.1 Å². The van der Waals surface area contributed by atoms with Gasteiger partial charge in [-0.05, 0) is 5.41 Å². The summed E-state index contributed by atoms with van der Waals surface area (Å²) in [6.07, 6.45) is 1.70. The Hall–Kier alpha value is -1.43. The van der Waals surface area contributed by atoms with Crippen molar-refractivity contribution in [2.24, 2.45) is 11.1 Å². The van der Waals surface area contributed by atoms with Crippen LogP contribution in [0.15, 0.2) is 6.33 Å². The average Bonchev–Trinajstić information content (AvgIpc) is 2.72. The fourth-order valence-electron chi connectivity index (χ4n) is 1.82. The molecule has 2 N–H and O–H groups in total. The molecule has 0 fully saturated rings. The maximum Gasteiger partial charge on any atom is 0.240 e. The van der Waals surface area contributed by atoms with Gasteiger partial charge in [0.1, 0.15) is 6.33 Å². The molecule has 17 heavy (non-hydrogen) atoms. The summed E-state index contributed by atoms with van der Waals surface area (Å²) in [6.45, 7) is 7.84. The van der Waals surface area contributed by atoms with Gasteiger partial charge in [0.15, 0.2) is 5.82 Å². The average molecular weight is 237 g/mol. The van der Waals surface area contributed by atoms with E-state index in [-0.39, 0.29) is 11.3 Å². The van der Waals surface area contributed by atoms with Crippen molar-refractivity contribution in [3.05, 3.63) is 12.2 Å². The number of rotatable bonds is 1. The van der Waals surface area contributed by atoms with Gasteiger partial charge in [-0.25, -0.2) is 0 Å². The van der Waals surface area contributed by atoms with E-state index in [1.807, 2.05) is 25.3 Å². The van der Waals surface area contributed by atoms with Crippen molar-refractivity contribution in [3.8, 4) is 0 Å². The zero-order chi connectivity index (χ0) is 12.6. The van der Waals surface area contributed by atoms with Crippen LogP contribution in [-0.4, -0.2) is 38.2 Å². The molecule has 0 bridgehead atoms. The predicted molar refractivity (Wildman–Crippen MR) is 62.9 cm³/mol. The summed E-state index contributed by atoms with van der Waals surface area (Å²) >= 11 is 0. The minimum Gasteiger partial charge on any atom is -0.332 e. The maximum atomic E-state index is 12.2. The summed E-state index contributed by atoms with van der Waals surface area (Å²) in [5.74, 6) is 0.817. The minimum absolute atomic E-state index is 0.00764. The second-order valence-electron chi connectivity index (χ2n) is 5.54. The van der Waals surface area contributed by atoms with Gasteiger partial charge < -0.3 is 15.2 Å². The molecule has 1 aliphatic heterocycles. The number of nitrogens with two attached hydrogens (primary N) is 1. The van der Waals surface area contributed by atoms with Crippen LogP contribution in [0.1, 0.15) is 26.6 Å². The molecule has 1 aromatic heterocycles. The molecule has 0 unspecified atom stereocenters. The maximum absolute atomic E-state index is 12.2. The van der Waals surface area contributed by atoms with Crippen molar-refractivity contribution in [3.63, 3.8) is 0 Å². The zero-order valence-corrected chi connectivity index (χ0v) is 10.6. The van der Waals surface area contributed by atoms with E-state index in [1.54, 1.807) is 11.2 Å². The van der Waals surface area contributed by atoms with Crippen molar-refractivity contribution in [2.45, 2.75) is 39.9 Å². The second kappa shape index (κ2) is 4.10. The van der Waals surface area contributed by atoms with Crippen molar-refractivity contribution < 1.29 is 4.79 Å². The Balaban J connectivity index is 2.09. The lowest BCUT2D eigenvalue weighted by molar-refractivity contribution is -0.136. The van der Waals surface area contributed by atoms with Crippen LogP contribution < -0.4 is 5.73 Å². The molecular formula is C11H19N5O. The van der Waals surface area contributed by atoms with Crippen molar-refractivity contribution >= 4 is 5.91 Å². The number of fused-ring (bicyclic) bond motifs is 1. The van der Waals surface area contributed by atoms with Gasteiger partial charge in [-0.2, -0.15) is 0 Å². The van der Waals surface area contributed by atoms with Gasteiger partial charge in [0.05, 0.1) is 12.6 Å². The van der Waals surface area contributed by atoms with E-state index in [0.717, 1.165) is 12.4 Å². The molecule has 0 spiro atoms. The van der Waals surface area contributed by atoms with Crippen LogP contribution >= 0.6 is 0 Å². The summed E-state index contributed by atoms with van der Waals surface area (Å²) < 4.78 is 1.96. The number of amides is 1. The largest absolute Gasteiger partial charge is 0.332 e. The van der Waals surface area contributed by atoms with Crippen molar-refractivity contribution in [1.29, 1.82) is 0 Å². The number of hydrogen-bond acceptors (Lipinski definition) is 4. The van der Waals surface area contributed by atoms with Gasteiger partial charge in [0.25, 0.3) is 0 Å². The Labute approximate surface area is 101 Å². The van der Waals surface area contributed by atoms with E-state index in [1.165, 1.54) is 0 Å². The molecule has 94 valence electrons. The van der Waals surface area contributed by atoms with Gasteiger partial charge in [-0.15, -0.1) is 10.2 Å². The quantitative estimate of drug-likeness (QED) is 0.745. The summed E-state index contributed by atoms with van der Waals surface area (Å²) in [4.78, 5) is 14.0. The number of hydrogen-bond donors (Lipinski definition) is 1. The highest BCUT2D eigenvalue weighted by Crippen LogP contribution is 2.20. The fourth-order valence-corrected chi connectivity index (χ4v) is 1.82. The molecule has 0 aliphatic carbocycles. The number of nitrogens with zero attached hydrogens (tertiary/aromatic N) is 4. The lowest BCUT2D eigenvalue weighted by atomic mass is 9.86. The van der Waals surface area contributed by atoms with Crippen molar-refractivity contribution in [2.75, 3.05) is 6.54 Å². The third-order valence-electron chi connectivity index (χ3n) is 3.15. The summed E-state index contributed by atoms with van der Waals surface area (Å²) in [5.41, 5.74) is 5.77. The Morgan fingerprint density at radius 1 is 1.47 bits per heavy atom. The van der Waals surface area contributed by atoms with Crippen LogP contribution in [0, 0.1) is 5.41 Å². The topological polar surface area (TPSA) is 77.0 Å². The Morgan fingerprint density at radius 2 is 2.18 bits per heavy atom. The summed E-state index contributed by atoms with van der Waals surface area (Å²) in [7, 11) is 0. The Morgan fingerprint density at radius 3 is 2.82 bits per heavy atom. The lowest BCUT2D eigenvalue weighted by Crippen LogP contribution is -2.52. The molecule has 0 saturated heterocycles. The van der Waals surface area contributed by atoms with Crippen LogP contribution in [0.25, 0.3) is 0 Å². The number of carbonyl (C=O) groups excluding carboxylic acids is 1. The van der Waals surface area contributed by atoms with Crippen LogP contribution in [0.3, 0.4) is 0 Å². The van der Waals surface area contributed by atoms with Gasteiger partial charge in [0.2, 0.25) is 5.91 Å². The molecule has 1 aromatic rings. The van der Waals surface area contributed by atoms with E-state index in [2.05, 4.69) is 10.2 Å². The van der Waals surface area contributed by atoms with Crippen molar-refractivity contribution in [1.82, 2.24) is 19.7 Å². The van der Waals surface area contributed by atoms with Gasteiger partial charge >= 0.3 is 0 Å². The SMILES string of the molecule is CC(C)(C)[C@H](N)C(=O)N1CCn2cnnc2C1. The van der Waals surface area contributed by atoms with Crippen LogP contribution in [0.2, 0.25) is 0 Å². The highest BCUT2D eigenvalue weighted by molar-refractivity contribution is 5.82. The zero-order valence-electron chi connectivity index (χ0n) is 10.6. The van der Waals surface area contributed by atoms with Gasteiger partial charge in [-0.3, -0.25) is 4.79 Å². The monoisotopic (exact) mass is 237 g/mol. The first kappa shape index (κ1) is 12.0. The third kappa shape index (κ3) is 2.31. The summed E-state index contributed by atoms with van der Waals surface area (Å²) in [6, 6.07) is -0.475. The molecule has 0 saturated carbocycles. The first-order chi connectivity index (χ1) is 7.89. The molecule has 0 radical (unpaired) electrons. The highest BCUT2D eigenvalue weighted by atomic mass is 16.2. The van der Waals surface area contributed by atoms with E-state index in [0.29, 0.717) is 13.1 Å². The van der Waals surface area contributed by atoms with Crippen LogP contribution in [-0.2, 0) is 17.9 Å². The highest BCUT2D eigenvalue weighted by Gasteiger charge is 2.32. The molecule has 2 heterocycles. The molecule has 6 heteroatoms.